The first-order valence-corrected chi connectivity index (χ1v) is 6.62. The molecule has 2 aromatic carbocycles. The molecule has 0 radical (unpaired) electrons. The van der Waals surface area contributed by atoms with Gasteiger partial charge >= 0.3 is 0 Å². The summed E-state index contributed by atoms with van der Waals surface area (Å²) in [7, 11) is 0. The zero-order valence-corrected chi connectivity index (χ0v) is 10.8. The van der Waals surface area contributed by atoms with Crippen LogP contribution in [-0.4, -0.2) is 6.29 Å². The van der Waals surface area contributed by atoms with Gasteiger partial charge < -0.3 is 0 Å². The van der Waals surface area contributed by atoms with Gasteiger partial charge in [-0.25, -0.2) is 4.39 Å². The molecule has 0 aromatic heterocycles. The third-order valence-electron chi connectivity index (χ3n) is 2.76. The number of thioether (sulfide) groups is 1. The van der Waals surface area contributed by atoms with E-state index in [9.17, 15) is 9.18 Å². The van der Waals surface area contributed by atoms with E-state index in [1.807, 2.05) is 31.2 Å². The third kappa shape index (κ3) is 2.79. The van der Waals surface area contributed by atoms with E-state index in [1.54, 1.807) is 12.1 Å². The second-order valence-corrected chi connectivity index (χ2v) is 4.98. The molecule has 0 spiro atoms. The molecule has 0 aliphatic heterocycles. The molecule has 0 bridgehead atoms. The van der Waals surface area contributed by atoms with E-state index in [0.29, 0.717) is 22.5 Å². The molecule has 0 aliphatic carbocycles. The van der Waals surface area contributed by atoms with Crippen LogP contribution in [0, 0.1) is 12.7 Å². The van der Waals surface area contributed by atoms with Gasteiger partial charge in [-0.2, -0.15) is 0 Å². The first-order chi connectivity index (χ1) is 8.72. The average Bonchev–Trinajstić information content (AvgIpc) is 2.39. The number of hydrogen-bond acceptors (Lipinski definition) is 2. The smallest absolute Gasteiger partial charge is 0.151 e. The number of carbonyl (C=O) groups is 1. The summed E-state index contributed by atoms with van der Waals surface area (Å²) < 4.78 is 13.7. The highest BCUT2D eigenvalue weighted by atomic mass is 32.2. The van der Waals surface area contributed by atoms with Crippen molar-refractivity contribution in [2.75, 3.05) is 0 Å². The molecule has 18 heavy (non-hydrogen) atoms. The summed E-state index contributed by atoms with van der Waals surface area (Å²) in [5.41, 5.74) is 2.74. The van der Waals surface area contributed by atoms with Gasteiger partial charge in [-0.1, -0.05) is 36.4 Å². The maximum absolute atomic E-state index is 13.7. The minimum atomic E-state index is -0.335. The first kappa shape index (κ1) is 12.8. The van der Waals surface area contributed by atoms with Crippen LogP contribution in [0.2, 0.25) is 0 Å². The highest BCUT2D eigenvalue weighted by Gasteiger charge is 2.09. The maximum atomic E-state index is 13.7. The molecule has 0 unspecified atom stereocenters. The molecule has 0 heterocycles. The Kier molecular flexibility index (Phi) is 4.15. The Morgan fingerprint density at radius 1 is 1.17 bits per heavy atom. The zero-order chi connectivity index (χ0) is 13.0. The summed E-state index contributed by atoms with van der Waals surface area (Å²) in [4.78, 5) is 11.3. The van der Waals surface area contributed by atoms with Gasteiger partial charge in [0, 0.05) is 11.3 Å². The van der Waals surface area contributed by atoms with E-state index >= 15 is 0 Å². The average molecular weight is 260 g/mol. The molecule has 1 nitrogen and oxygen atoms in total. The minimum absolute atomic E-state index is 0.335. The monoisotopic (exact) mass is 260 g/mol. The van der Waals surface area contributed by atoms with Crippen molar-refractivity contribution in [3.05, 3.63) is 65.0 Å². The predicted molar refractivity (Wildman–Crippen MR) is 72.5 cm³/mol. The van der Waals surface area contributed by atoms with Crippen LogP contribution in [0.4, 0.5) is 4.39 Å². The Balaban J connectivity index is 2.21. The number of halogens is 1. The van der Waals surface area contributed by atoms with Crippen LogP contribution in [0.3, 0.4) is 0 Å². The third-order valence-corrected chi connectivity index (χ3v) is 3.93. The van der Waals surface area contributed by atoms with E-state index in [1.165, 1.54) is 23.4 Å². The van der Waals surface area contributed by atoms with Gasteiger partial charge in [0.15, 0.2) is 6.29 Å². The summed E-state index contributed by atoms with van der Waals surface area (Å²) in [6, 6.07) is 12.6. The molecule has 3 heteroatoms. The van der Waals surface area contributed by atoms with Gasteiger partial charge in [0.25, 0.3) is 0 Å². The van der Waals surface area contributed by atoms with Crippen LogP contribution in [0.15, 0.2) is 47.4 Å². The van der Waals surface area contributed by atoms with Gasteiger partial charge in [-0.05, 0) is 24.1 Å². The molecule has 2 aromatic rings. The second kappa shape index (κ2) is 5.83. The van der Waals surface area contributed by atoms with Crippen molar-refractivity contribution in [1.82, 2.24) is 0 Å². The van der Waals surface area contributed by atoms with Crippen molar-refractivity contribution < 1.29 is 9.18 Å². The van der Waals surface area contributed by atoms with Crippen LogP contribution in [0.5, 0.6) is 0 Å². The van der Waals surface area contributed by atoms with Gasteiger partial charge in [0.05, 0.1) is 4.90 Å². The zero-order valence-electron chi connectivity index (χ0n) is 10.0. The molecule has 0 amide bonds. The molecule has 0 N–H and O–H groups in total. The highest BCUT2D eigenvalue weighted by Crippen LogP contribution is 2.29. The van der Waals surface area contributed by atoms with Crippen molar-refractivity contribution in [3.63, 3.8) is 0 Å². The first-order valence-electron chi connectivity index (χ1n) is 5.63. The Labute approximate surface area is 110 Å². The lowest BCUT2D eigenvalue weighted by atomic mass is 10.1. The molecule has 92 valence electrons. The molecule has 0 saturated heterocycles. The lowest BCUT2D eigenvalue weighted by molar-refractivity contribution is 0.112. The van der Waals surface area contributed by atoms with Crippen LogP contribution in [-0.2, 0) is 5.75 Å². The van der Waals surface area contributed by atoms with Crippen molar-refractivity contribution >= 4 is 18.0 Å². The lowest BCUT2D eigenvalue weighted by Gasteiger charge is -2.08. The van der Waals surface area contributed by atoms with Crippen LogP contribution in [0.25, 0.3) is 0 Å². The Bertz CT molecular complexity index is 566. The standard InChI is InChI=1S/C15H13FOS/c1-11-5-2-3-6-13(11)10-18-15-12(9-17)7-4-8-14(15)16/h2-9H,10H2,1H3. The van der Waals surface area contributed by atoms with E-state index in [4.69, 9.17) is 0 Å². The molecule has 0 saturated carbocycles. The van der Waals surface area contributed by atoms with Gasteiger partial charge in [0.1, 0.15) is 5.82 Å². The minimum Gasteiger partial charge on any atom is -0.298 e. The van der Waals surface area contributed by atoms with Crippen molar-refractivity contribution in [3.8, 4) is 0 Å². The van der Waals surface area contributed by atoms with Gasteiger partial charge in [-0.3, -0.25) is 4.79 Å². The van der Waals surface area contributed by atoms with Crippen LogP contribution >= 0.6 is 11.8 Å². The van der Waals surface area contributed by atoms with E-state index in [2.05, 4.69) is 0 Å². The Morgan fingerprint density at radius 3 is 2.67 bits per heavy atom. The quantitative estimate of drug-likeness (QED) is 0.604. The maximum Gasteiger partial charge on any atom is 0.151 e. The summed E-state index contributed by atoms with van der Waals surface area (Å²) >= 11 is 1.36. The fourth-order valence-corrected chi connectivity index (χ4v) is 2.81. The summed E-state index contributed by atoms with van der Waals surface area (Å²) in [5.74, 6) is 0.326. The Morgan fingerprint density at radius 2 is 1.94 bits per heavy atom. The summed E-state index contributed by atoms with van der Waals surface area (Å²) in [6.07, 6.45) is 0.698. The van der Waals surface area contributed by atoms with Crippen molar-refractivity contribution in [2.24, 2.45) is 0 Å². The largest absolute Gasteiger partial charge is 0.298 e. The fourth-order valence-electron chi connectivity index (χ4n) is 1.69. The van der Waals surface area contributed by atoms with E-state index < -0.39 is 0 Å². The van der Waals surface area contributed by atoms with Crippen LogP contribution in [0.1, 0.15) is 21.5 Å². The summed E-state index contributed by atoms with van der Waals surface area (Å²) in [6.45, 7) is 2.03. The normalized spacial score (nSPS) is 10.3. The highest BCUT2D eigenvalue weighted by molar-refractivity contribution is 7.98. The number of aldehydes is 1. The molecule has 2 rings (SSSR count). The van der Waals surface area contributed by atoms with Gasteiger partial charge in [-0.15, -0.1) is 11.8 Å². The molecular formula is C15H13FOS. The van der Waals surface area contributed by atoms with Gasteiger partial charge in [0.2, 0.25) is 0 Å². The van der Waals surface area contributed by atoms with E-state index in [-0.39, 0.29) is 5.82 Å². The second-order valence-electron chi connectivity index (χ2n) is 3.99. The summed E-state index contributed by atoms with van der Waals surface area (Å²) in [5, 5.41) is 0. The molecule has 0 fully saturated rings. The molecular weight excluding hydrogens is 247 g/mol. The van der Waals surface area contributed by atoms with Crippen molar-refractivity contribution in [1.29, 1.82) is 0 Å². The number of hydrogen-bond donors (Lipinski definition) is 0. The topological polar surface area (TPSA) is 17.1 Å². The van der Waals surface area contributed by atoms with Crippen LogP contribution < -0.4 is 0 Å². The molecule has 0 aliphatic rings. The Hall–Kier alpha value is -1.61. The molecule has 0 atom stereocenters. The predicted octanol–water partition coefficient (Wildman–Crippen LogP) is 4.24. The number of rotatable bonds is 4. The fraction of sp³-hybridized carbons (Fsp3) is 0.133. The van der Waals surface area contributed by atoms with Crippen molar-refractivity contribution in [2.45, 2.75) is 17.6 Å². The van der Waals surface area contributed by atoms with E-state index in [0.717, 1.165) is 5.56 Å². The lowest BCUT2D eigenvalue weighted by Crippen LogP contribution is -1.92. The number of aryl methyl sites for hydroxylation is 1. The number of benzene rings is 2. The number of carbonyl (C=O) groups excluding carboxylic acids is 1. The SMILES string of the molecule is Cc1ccccc1CSc1c(F)cccc1C=O.